The number of amides is 1. The molecule has 0 saturated carbocycles. The molecule has 6 heteroatoms. The van der Waals surface area contributed by atoms with E-state index in [1.807, 2.05) is 25.7 Å². The van der Waals surface area contributed by atoms with Gasteiger partial charge in [-0.25, -0.2) is 4.79 Å². The van der Waals surface area contributed by atoms with E-state index in [0.29, 0.717) is 0 Å². The lowest BCUT2D eigenvalue weighted by atomic mass is 10.0. The van der Waals surface area contributed by atoms with Crippen molar-refractivity contribution in [1.29, 1.82) is 0 Å². The second-order valence-electron chi connectivity index (χ2n) is 7.12. The topological polar surface area (TPSA) is 41.6 Å². The van der Waals surface area contributed by atoms with Gasteiger partial charge in [0.05, 0.1) is 0 Å². The fraction of sp³-hybridized carbons (Fsp3) is 0.706. The Morgan fingerprint density at radius 3 is 2.87 bits per heavy atom. The van der Waals surface area contributed by atoms with E-state index in [-0.39, 0.29) is 18.2 Å². The molecule has 130 valence electrons. The van der Waals surface area contributed by atoms with Gasteiger partial charge in [-0.2, -0.15) is 0 Å². The first kappa shape index (κ1) is 18.7. The van der Waals surface area contributed by atoms with E-state index < -0.39 is 5.60 Å². The summed E-state index contributed by atoms with van der Waals surface area (Å²) in [5.74, 6) is 0. The van der Waals surface area contributed by atoms with Gasteiger partial charge in [0, 0.05) is 39.9 Å². The summed E-state index contributed by atoms with van der Waals surface area (Å²) in [6.45, 7) is 9.51. The van der Waals surface area contributed by atoms with E-state index in [4.69, 9.17) is 4.74 Å². The number of carbonyl (C=O) groups is 1. The maximum absolute atomic E-state index is 12.4. The molecule has 1 amide bonds. The maximum atomic E-state index is 12.4. The minimum atomic E-state index is -0.441. The third-order valence-corrected chi connectivity index (χ3v) is 5.81. The van der Waals surface area contributed by atoms with E-state index in [0.717, 1.165) is 30.4 Å². The van der Waals surface area contributed by atoms with Gasteiger partial charge < -0.3 is 15.0 Å². The lowest BCUT2D eigenvalue weighted by Gasteiger charge is -2.37. The zero-order valence-electron chi connectivity index (χ0n) is 14.4. The fourth-order valence-electron chi connectivity index (χ4n) is 2.74. The summed E-state index contributed by atoms with van der Waals surface area (Å²) in [6.07, 6.45) is 3.08. The molecule has 2 rings (SSSR count). The van der Waals surface area contributed by atoms with Crippen molar-refractivity contribution in [2.75, 3.05) is 13.1 Å². The summed E-state index contributed by atoms with van der Waals surface area (Å²) in [5.41, 5.74) is -0.441. The average Bonchev–Trinajstić information content (AvgIpc) is 2.90. The lowest BCUT2D eigenvalue weighted by Crippen LogP contribution is -2.50. The standard InChI is InChI=1S/C17H27BrN2O2S/c1-12(15-9-13(18)11-23-15)19-10-14-7-5-6-8-20(14)16(21)22-17(2,3)4/h9,11-12,14,19H,5-8,10H2,1-4H3. The van der Waals surface area contributed by atoms with Crippen LogP contribution in [0, 0.1) is 0 Å². The normalized spacial score (nSPS) is 20.4. The molecular formula is C17H27BrN2O2S. The number of rotatable bonds is 4. The van der Waals surface area contributed by atoms with Gasteiger partial charge in [-0.05, 0) is 69.0 Å². The summed E-state index contributed by atoms with van der Waals surface area (Å²) in [6, 6.07) is 2.65. The maximum Gasteiger partial charge on any atom is 0.410 e. The fourth-order valence-corrected chi connectivity index (χ4v) is 4.22. The number of nitrogens with one attached hydrogen (secondary N) is 1. The molecule has 2 heterocycles. The first-order valence-corrected chi connectivity index (χ1v) is 9.90. The number of hydrogen-bond acceptors (Lipinski definition) is 4. The number of thiophene rings is 1. The molecule has 23 heavy (non-hydrogen) atoms. The van der Waals surface area contributed by atoms with Gasteiger partial charge in [0.25, 0.3) is 0 Å². The first-order chi connectivity index (χ1) is 10.8. The Balaban J connectivity index is 1.92. The Hall–Kier alpha value is -0.590. The van der Waals surface area contributed by atoms with Crippen molar-refractivity contribution in [3.05, 3.63) is 20.8 Å². The van der Waals surface area contributed by atoms with Gasteiger partial charge in [0.1, 0.15) is 5.60 Å². The molecule has 1 aliphatic heterocycles. The Kier molecular flexibility index (Phi) is 6.51. The molecule has 1 saturated heterocycles. The van der Waals surface area contributed by atoms with Crippen LogP contribution in [0.1, 0.15) is 57.9 Å². The number of piperidine rings is 1. The van der Waals surface area contributed by atoms with Crippen LogP contribution in [-0.4, -0.2) is 35.7 Å². The van der Waals surface area contributed by atoms with Gasteiger partial charge in [-0.3, -0.25) is 0 Å². The van der Waals surface area contributed by atoms with Gasteiger partial charge >= 0.3 is 6.09 Å². The predicted molar refractivity (Wildman–Crippen MR) is 99.0 cm³/mol. The second kappa shape index (κ2) is 7.99. The first-order valence-electron chi connectivity index (χ1n) is 8.23. The summed E-state index contributed by atoms with van der Waals surface area (Å²) in [4.78, 5) is 15.6. The molecule has 1 aromatic rings. The highest BCUT2D eigenvalue weighted by molar-refractivity contribution is 9.10. The van der Waals surface area contributed by atoms with Crippen LogP contribution in [0.4, 0.5) is 4.79 Å². The Labute approximate surface area is 151 Å². The van der Waals surface area contributed by atoms with Gasteiger partial charge in [-0.1, -0.05) is 0 Å². The molecule has 1 aliphatic rings. The molecule has 0 radical (unpaired) electrons. The van der Waals surface area contributed by atoms with E-state index in [2.05, 4.69) is 39.6 Å². The van der Waals surface area contributed by atoms with Crippen LogP contribution < -0.4 is 5.32 Å². The number of ether oxygens (including phenoxy) is 1. The highest BCUT2D eigenvalue weighted by atomic mass is 79.9. The number of halogens is 1. The van der Waals surface area contributed by atoms with Crippen LogP contribution in [0.3, 0.4) is 0 Å². The lowest BCUT2D eigenvalue weighted by molar-refractivity contribution is 0.00971. The zero-order valence-corrected chi connectivity index (χ0v) is 16.8. The smallest absolute Gasteiger partial charge is 0.410 e. The molecular weight excluding hydrogens is 376 g/mol. The number of carbonyl (C=O) groups excluding carboxylic acids is 1. The van der Waals surface area contributed by atoms with Crippen molar-refractivity contribution in [2.24, 2.45) is 0 Å². The van der Waals surface area contributed by atoms with Crippen molar-refractivity contribution < 1.29 is 9.53 Å². The summed E-state index contributed by atoms with van der Waals surface area (Å²) >= 11 is 5.24. The summed E-state index contributed by atoms with van der Waals surface area (Å²) < 4.78 is 6.68. The van der Waals surface area contributed by atoms with Crippen LogP contribution in [0.15, 0.2) is 15.9 Å². The number of hydrogen-bond donors (Lipinski definition) is 1. The Morgan fingerprint density at radius 1 is 1.52 bits per heavy atom. The van der Waals surface area contributed by atoms with Crippen molar-refractivity contribution in [2.45, 2.75) is 64.6 Å². The SMILES string of the molecule is CC(NCC1CCCCN1C(=O)OC(C)(C)C)c1cc(Br)cs1. The quantitative estimate of drug-likeness (QED) is 0.774. The number of likely N-dealkylation sites (tertiary alicyclic amines) is 1. The van der Waals surface area contributed by atoms with E-state index >= 15 is 0 Å². The minimum Gasteiger partial charge on any atom is -0.444 e. The Bertz CT molecular complexity index is 527. The third-order valence-electron chi connectivity index (χ3n) is 3.93. The van der Waals surface area contributed by atoms with Crippen LogP contribution in [-0.2, 0) is 4.74 Å². The van der Waals surface area contributed by atoms with Crippen molar-refractivity contribution in [3.8, 4) is 0 Å². The van der Waals surface area contributed by atoms with Gasteiger partial charge in [0.15, 0.2) is 0 Å². The molecule has 2 atom stereocenters. The van der Waals surface area contributed by atoms with E-state index in [1.165, 1.54) is 11.3 Å². The van der Waals surface area contributed by atoms with E-state index in [9.17, 15) is 4.79 Å². The van der Waals surface area contributed by atoms with Crippen LogP contribution in [0.25, 0.3) is 0 Å². The average molecular weight is 403 g/mol. The molecule has 0 spiro atoms. The van der Waals surface area contributed by atoms with Crippen LogP contribution >= 0.6 is 27.3 Å². The molecule has 0 aliphatic carbocycles. The molecule has 1 fully saturated rings. The Morgan fingerprint density at radius 2 is 2.26 bits per heavy atom. The monoisotopic (exact) mass is 402 g/mol. The zero-order chi connectivity index (χ0) is 17.0. The molecule has 1 N–H and O–H groups in total. The predicted octanol–water partition coefficient (Wildman–Crippen LogP) is 4.95. The minimum absolute atomic E-state index is 0.185. The van der Waals surface area contributed by atoms with E-state index in [1.54, 1.807) is 11.3 Å². The second-order valence-corrected chi connectivity index (χ2v) is 8.98. The van der Waals surface area contributed by atoms with Crippen molar-refractivity contribution >= 4 is 33.4 Å². The van der Waals surface area contributed by atoms with Crippen molar-refractivity contribution in [1.82, 2.24) is 10.2 Å². The number of nitrogens with zero attached hydrogens (tertiary/aromatic N) is 1. The molecule has 0 bridgehead atoms. The highest BCUT2D eigenvalue weighted by Crippen LogP contribution is 2.26. The summed E-state index contributed by atoms with van der Waals surface area (Å²) in [5, 5.41) is 5.67. The molecule has 4 nitrogen and oxygen atoms in total. The van der Waals surface area contributed by atoms with Gasteiger partial charge in [-0.15, -0.1) is 11.3 Å². The van der Waals surface area contributed by atoms with Gasteiger partial charge in [0.2, 0.25) is 0 Å². The third kappa shape index (κ3) is 5.76. The largest absolute Gasteiger partial charge is 0.444 e. The summed E-state index contributed by atoms with van der Waals surface area (Å²) in [7, 11) is 0. The molecule has 2 unspecified atom stereocenters. The highest BCUT2D eigenvalue weighted by Gasteiger charge is 2.30. The van der Waals surface area contributed by atoms with Crippen LogP contribution in [0.5, 0.6) is 0 Å². The molecule has 0 aromatic carbocycles. The van der Waals surface area contributed by atoms with Crippen LogP contribution in [0.2, 0.25) is 0 Å². The molecule has 1 aromatic heterocycles. The van der Waals surface area contributed by atoms with Crippen molar-refractivity contribution in [3.63, 3.8) is 0 Å².